The van der Waals surface area contributed by atoms with Crippen LogP contribution in [0.5, 0.6) is 0 Å². The molecule has 0 bridgehead atoms. The van der Waals surface area contributed by atoms with Crippen molar-refractivity contribution in [3.63, 3.8) is 0 Å². The van der Waals surface area contributed by atoms with E-state index in [4.69, 9.17) is 4.74 Å². The number of unbranched alkanes of at least 4 members (excludes halogenated alkanes) is 3. The summed E-state index contributed by atoms with van der Waals surface area (Å²) >= 11 is 0. The quantitative estimate of drug-likeness (QED) is 0.366. The van der Waals surface area contributed by atoms with Crippen LogP contribution in [0.15, 0.2) is 12.2 Å². The van der Waals surface area contributed by atoms with Crippen LogP contribution in [0.1, 0.15) is 90.9 Å². The van der Waals surface area contributed by atoms with Crippen molar-refractivity contribution in [3.8, 4) is 0 Å². The molecular formula is C21H38O. The molecule has 2 rings (SSSR count). The third-order valence-corrected chi connectivity index (χ3v) is 6.02. The van der Waals surface area contributed by atoms with Crippen molar-refractivity contribution in [2.24, 2.45) is 17.8 Å². The first-order chi connectivity index (χ1) is 10.8. The number of hydrogen-bond donors (Lipinski definition) is 0. The van der Waals surface area contributed by atoms with Gasteiger partial charge >= 0.3 is 0 Å². The van der Waals surface area contributed by atoms with E-state index in [1.54, 1.807) is 0 Å². The molecule has 0 spiro atoms. The molecule has 0 atom stereocenters. The molecule has 0 amide bonds. The van der Waals surface area contributed by atoms with Crippen LogP contribution in [-0.2, 0) is 4.74 Å². The van der Waals surface area contributed by atoms with Gasteiger partial charge in [-0.3, -0.25) is 0 Å². The Morgan fingerprint density at radius 1 is 0.818 bits per heavy atom. The van der Waals surface area contributed by atoms with Crippen LogP contribution in [0, 0.1) is 17.8 Å². The number of allylic oxidation sites excluding steroid dienone is 2. The molecular weight excluding hydrogens is 268 g/mol. The smallest absolute Gasteiger partial charge is 0.0575 e. The van der Waals surface area contributed by atoms with Gasteiger partial charge in [0.05, 0.1) is 6.10 Å². The van der Waals surface area contributed by atoms with Gasteiger partial charge in [-0.1, -0.05) is 38.3 Å². The Hall–Kier alpha value is -0.300. The van der Waals surface area contributed by atoms with E-state index >= 15 is 0 Å². The van der Waals surface area contributed by atoms with Crippen LogP contribution in [0.4, 0.5) is 0 Å². The molecule has 0 aromatic rings. The number of hydrogen-bond acceptors (Lipinski definition) is 1. The normalized spacial score (nSPS) is 33.4. The van der Waals surface area contributed by atoms with Gasteiger partial charge in [-0.15, -0.1) is 0 Å². The van der Waals surface area contributed by atoms with Crippen LogP contribution >= 0.6 is 0 Å². The molecule has 0 aliphatic heterocycles. The van der Waals surface area contributed by atoms with Crippen molar-refractivity contribution >= 4 is 0 Å². The van der Waals surface area contributed by atoms with Gasteiger partial charge in [-0.05, 0) is 82.5 Å². The van der Waals surface area contributed by atoms with Crippen LogP contribution < -0.4 is 0 Å². The summed E-state index contributed by atoms with van der Waals surface area (Å²) in [5.74, 6) is 2.91. The number of ether oxygens (including phenoxy) is 1. The summed E-state index contributed by atoms with van der Waals surface area (Å²) in [6.45, 7) is 5.44. The molecule has 0 aromatic carbocycles. The Bertz CT molecular complexity index is 293. The molecule has 2 aliphatic carbocycles. The molecule has 0 saturated heterocycles. The lowest BCUT2D eigenvalue weighted by atomic mass is 9.70. The topological polar surface area (TPSA) is 9.23 Å². The van der Waals surface area contributed by atoms with Crippen molar-refractivity contribution in [3.05, 3.63) is 12.2 Å². The highest BCUT2D eigenvalue weighted by Gasteiger charge is 2.30. The van der Waals surface area contributed by atoms with Crippen molar-refractivity contribution in [2.45, 2.75) is 97.0 Å². The molecule has 22 heavy (non-hydrogen) atoms. The minimum atomic E-state index is 0.581. The van der Waals surface area contributed by atoms with Crippen molar-refractivity contribution < 1.29 is 4.74 Å². The van der Waals surface area contributed by atoms with Gasteiger partial charge in [-0.25, -0.2) is 0 Å². The molecule has 1 heteroatoms. The predicted molar refractivity (Wildman–Crippen MR) is 96.1 cm³/mol. The summed E-state index contributed by atoms with van der Waals surface area (Å²) in [7, 11) is 0. The molecule has 128 valence electrons. The van der Waals surface area contributed by atoms with E-state index in [1.165, 1.54) is 77.0 Å². The van der Waals surface area contributed by atoms with Gasteiger partial charge in [0.25, 0.3) is 0 Å². The van der Waals surface area contributed by atoms with E-state index in [0.717, 1.165) is 24.4 Å². The van der Waals surface area contributed by atoms with Crippen molar-refractivity contribution in [1.29, 1.82) is 0 Å². The fourth-order valence-electron chi connectivity index (χ4n) is 4.59. The zero-order valence-electron chi connectivity index (χ0n) is 15.1. The Balaban J connectivity index is 1.57. The summed E-state index contributed by atoms with van der Waals surface area (Å²) in [5.41, 5.74) is 0. The monoisotopic (exact) mass is 306 g/mol. The van der Waals surface area contributed by atoms with Crippen molar-refractivity contribution in [2.75, 3.05) is 6.61 Å². The second kappa shape index (κ2) is 10.5. The van der Waals surface area contributed by atoms with E-state index in [2.05, 4.69) is 26.0 Å². The molecule has 1 nitrogen and oxygen atoms in total. The Morgan fingerprint density at radius 2 is 1.45 bits per heavy atom. The molecule has 0 unspecified atom stereocenters. The lowest BCUT2D eigenvalue weighted by Gasteiger charge is -2.37. The third kappa shape index (κ3) is 6.07. The molecule has 0 radical (unpaired) electrons. The number of rotatable bonds is 8. The largest absolute Gasteiger partial charge is 0.378 e. The zero-order valence-corrected chi connectivity index (χ0v) is 15.1. The van der Waals surface area contributed by atoms with Crippen LogP contribution in [0.3, 0.4) is 0 Å². The van der Waals surface area contributed by atoms with Crippen LogP contribution in [0.2, 0.25) is 0 Å². The second-order valence-electron chi connectivity index (χ2n) is 7.67. The van der Waals surface area contributed by atoms with Gasteiger partial charge in [0, 0.05) is 6.61 Å². The summed E-state index contributed by atoms with van der Waals surface area (Å²) < 4.78 is 6.11. The van der Waals surface area contributed by atoms with E-state index in [1.807, 2.05) is 0 Å². The minimum Gasteiger partial charge on any atom is -0.378 e. The molecule has 2 saturated carbocycles. The Kier molecular flexibility index (Phi) is 8.59. The highest BCUT2D eigenvalue weighted by Crippen LogP contribution is 2.40. The minimum absolute atomic E-state index is 0.581. The summed E-state index contributed by atoms with van der Waals surface area (Å²) in [6.07, 6.45) is 21.9. The first-order valence-corrected chi connectivity index (χ1v) is 10.1. The van der Waals surface area contributed by atoms with Crippen LogP contribution in [0.25, 0.3) is 0 Å². The average molecular weight is 307 g/mol. The summed E-state index contributed by atoms with van der Waals surface area (Å²) in [4.78, 5) is 0. The van der Waals surface area contributed by atoms with Crippen LogP contribution in [-0.4, -0.2) is 12.7 Å². The van der Waals surface area contributed by atoms with E-state index in [0.29, 0.717) is 6.10 Å². The van der Waals surface area contributed by atoms with Gasteiger partial charge in [0.1, 0.15) is 0 Å². The molecule has 0 N–H and O–H groups in total. The van der Waals surface area contributed by atoms with E-state index < -0.39 is 0 Å². The molecule has 2 aliphatic rings. The van der Waals surface area contributed by atoms with E-state index in [9.17, 15) is 0 Å². The summed E-state index contributed by atoms with van der Waals surface area (Å²) in [6, 6.07) is 0. The molecule has 0 aromatic heterocycles. The average Bonchev–Trinajstić information content (AvgIpc) is 2.56. The lowest BCUT2D eigenvalue weighted by Crippen LogP contribution is -2.28. The third-order valence-electron chi connectivity index (χ3n) is 6.02. The lowest BCUT2D eigenvalue weighted by molar-refractivity contribution is 0.00597. The predicted octanol–water partition coefficient (Wildman–Crippen LogP) is 6.52. The van der Waals surface area contributed by atoms with Gasteiger partial charge in [-0.2, -0.15) is 0 Å². The van der Waals surface area contributed by atoms with E-state index in [-0.39, 0.29) is 0 Å². The molecule has 2 fully saturated rings. The van der Waals surface area contributed by atoms with Crippen molar-refractivity contribution in [1.82, 2.24) is 0 Å². The fourth-order valence-corrected chi connectivity index (χ4v) is 4.59. The first-order valence-electron chi connectivity index (χ1n) is 10.1. The van der Waals surface area contributed by atoms with Gasteiger partial charge in [0.2, 0.25) is 0 Å². The highest BCUT2D eigenvalue weighted by molar-refractivity contribution is 4.90. The standard InChI is InChI=1S/C21H38O/c1-3-5-6-7-17-22-21-15-13-20(14-16-21)19-11-9-18(8-4-2)10-12-19/h4,8,18-21H,3,5-7,9-17H2,1-2H3/b8-4+/t18-,19-,20-,21-. The maximum Gasteiger partial charge on any atom is 0.0575 e. The summed E-state index contributed by atoms with van der Waals surface area (Å²) in [5, 5.41) is 0. The maximum absolute atomic E-state index is 6.11. The first kappa shape index (κ1) is 18.0. The molecule has 0 heterocycles. The zero-order chi connectivity index (χ0) is 15.6. The maximum atomic E-state index is 6.11. The Morgan fingerprint density at radius 3 is 2.05 bits per heavy atom. The SMILES string of the molecule is C/C=C/[C@H]1CC[C@H]([C@H]2CC[C@H](OCCCCCC)CC2)CC1. The fraction of sp³-hybridized carbons (Fsp3) is 0.905. The van der Waals surface area contributed by atoms with Gasteiger partial charge in [0.15, 0.2) is 0 Å². The van der Waals surface area contributed by atoms with Gasteiger partial charge < -0.3 is 4.74 Å². The highest BCUT2D eigenvalue weighted by atomic mass is 16.5. The Labute approximate surface area is 138 Å². The second-order valence-corrected chi connectivity index (χ2v) is 7.67.